The summed E-state index contributed by atoms with van der Waals surface area (Å²) in [5, 5.41) is 7.95. The third-order valence-electron chi connectivity index (χ3n) is 1.68. The van der Waals surface area contributed by atoms with Crippen LogP contribution in [-0.4, -0.2) is 14.4 Å². The van der Waals surface area contributed by atoms with Gasteiger partial charge in [-0.1, -0.05) is 30.3 Å². The minimum Gasteiger partial charge on any atom is -0.381 e. The molecule has 4 nitrogen and oxygen atoms in total. The molecule has 2 aromatic rings. The summed E-state index contributed by atoms with van der Waals surface area (Å²) in [5.74, 6) is 1.29. The molecule has 0 saturated heterocycles. The van der Waals surface area contributed by atoms with Crippen molar-refractivity contribution in [1.29, 1.82) is 0 Å². The SMILES string of the molecule is Nc1cnn(SCc2ccccc2)n1.[Ag]. The summed E-state index contributed by atoms with van der Waals surface area (Å²) in [6.45, 7) is 0. The number of nitrogens with two attached hydrogens (primary N) is 1. The molecule has 0 bridgehead atoms. The van der Waals surface area contributed by atoms with Crippen molar-refractivity contribution in [3.05, 3.63) is 42.1 Å². The molecule has 0 fully saturated rings. The van der Waals surface area contributed by atoms with Gasteiger partial charge in [0.15, 0.2) is 5.82 Å². The first-order valence-corrected chi connectivity index (χ1v) is 5.14. The van der Waals surface area contributed by atoms with Crippen LogP contribution in [0.2, 0.25) is 0 Å². The fraction of sp³-hybridized carbons (Fsp3) is 0.111. The van der Waals surface area contributed by atoms with Crippen LogP contribution in [0.25, 0.3) is 0 Å². The zero-order valence-corrected chi connectivity index (χ0v) is 10.1. The second-order valence-corrected chi connectivity index (χ2v) is 3.65. The monoisotopic (exact) mass is 313 g/mol. The Kier molecular flexibility index (Phi) is 4.90. The molecule has 0 saturated carbocycles. The molecular formula is C9H10AgN4S. The van der Waals surface area contributed by atoms with Crippen molar-refractivity contribution in [3.8, 4) is 0 Å². The van der Waals surface area contributed by atoms with Gasteiger partial charge in [0.2, 0.25) is 0 Å². The summed E-state index contributed by atoms with van der Waals surface area (Å²) in [5.41, 5.74) is 6.68. The predicted octanol–water partition coefficient (Wildman–Crippen LogP) is 1.55. The summed E-state index contributed by atoms with van der Waals surface area (Å²) < 4.78 is 1.53. The molecule has 0 atom stereocenters. The van der Waals surface area contributed by atoms with Gasteiger partial charge >= 0.3 is 0 Å². The van der Waals surface area contributed by atoms with Crippen LogP contribution in [0.4, 0.5) is 5.82 Å². The Morgan fingerprint density at radius 3 is 2.60 bits per heavy atom. The van der Waals surface area contributed by atoms with E-state index < -0.39 is 0 Å². The summed E-state index contributed by atoms with van der Waals surface area (Å²) in [4.78, 5) is 0. The van der Waals surface area contributed by atoms with Gasteiger partial charge in [0, 0.05) is 40.1 Å². The Hall–Kier alpha value is -0.750. The van der Waals surface area contributed by atoms with Gasteiger partial charge in [0.05, 0.1) is 6.20 Å². The number of rotatable bonds is 3. The molecule has 83 valence electrons. The molecule has 15 heavy (non-hydrogen) atoms. The van der Waals surface area contributed by atoms with Crippen LogP contribution in [0.5, 0.6) is 0 Å². The second-order valence-electron chi connectivity index (χ2n) is 2.78. The van der Waals surface area contributed by atoms with Crippen molar-refractivity contribution in [1.82, 2.24) is 14.4 Å². The number of benzene rings is 1. The zero-order chi connectivity index (χ0) is 9.80. The van der Waals surface area contributed by atoms with Crippen LogP contribution >= 0.6 is 11.9 Å². The van der Waals surface area contributed by atoms with Crippen molar-refractivity contribution in [3.63, 3.8) is 0 Å². The van der Waals surface area contributed by atoms with E-state index >= 15 is 0 Å². The minimum atomic E-state index is 0. The number of aromatic nitrogens is 3. The molecule has 0 aliphatic heterocycles. The second kappa shape index (κ2) is 5.97. The summed E-state index contributed by atoms with van der Waals surface area (Å²) in [6, 6.07) is 10.2. The van der Waals surface area contributed by atoms with E-state index in [-0.39, 0.29) is 22.4 Å². The number of anilines is 1. The molecule has 0 unspecified atom stereocenters. The first kappa shape index (κ1) is 12.3. The smallest absolute Gasteiger partial charge is 0.167 e. The van der Waals surface area contributed by atoms with Gasteiger partial charge in [-0.15, -0.1) is 14.4 Å². The van der Waals surface area contributed by atoms with E-state index in [1.165, 1.54) is 27.9 Å². The van der Waals surface area contributed by atoms with Gasteiger partial charge in [-0.05, 0) is 5.56 Å². The van der Waals surface area contributed by atoms with Gasteiger partial charge in [-0.25, -0.2) is 0 Å². The number of hydrogen-bond acceptors (Lipinski definition) is 4. The van der Waals surface area contributed by atoms with E-state index in [1.54, 1.807) is 0 Å². The van der Waals surface area contributed by atoms with Gasteiger partial charge < -0.3 is 5.73 Å². The third-order valence-corrected chi connectivity index (χ3v) is 2.55. The maximum Gasteiger partial charge on any atom is 0.167 e. The van der Waals surface area contributed by atoms with Crippen LogP contribution in [0, 0.1) is 0 Å². The van der Waals surface area contributed by atoms with Gasteiger partial charge in [0.1, 0.15) is 0 Å². The van der Waals surface area contributed by atoms with Crippen molar-refractivity contribution in [2.45, 2.75) is 5.75 Å². The molecule has 1 radical (unpaired) electrons. The van der Waals surface area contributed by atoms with Crippen LogP contribution in [0.1, 0.15) is 5.56 Å². The first-order chi connectivity index (χ1) is 6.84. The average molecular weight is 314 g/mol. The van der Waals surface area contributed by atoms with Crippen LogP contribution < -0.4 is 5.73 Å². The van der Waals surface area contributed by atoms with Crippen LogP contribution in [0.15, 0.2) is 36.5 Å². The van der Waals surface area contributed by atoms with E-state index in [1.807, 2.05) is 18.2 Å². The zero-order valence-electron chi connectivity index (χ0n) is 7.80. The Morgan fingerprint density at radius 1 is 1.27 bits per heavy atom. The van der Waals surface area contributed by atoms with Crippen molar-refractivity contribution in [2.24, 2.45) is 0 Å². The topological polar surface area (TPSA) is 56.7 Å². The van der Waals surface area contributed by atoms with Crippen molar-refractivity contribution < 1.29 is 22.4 Å². The Labute approximate surface area is 108 Å². The summed E-state index contributed by atoms with van der Waals surface area (Å²) in [6.07, 6.45) is 1.54. The molecule has 6 heteroatoms. The fourth-order valence-corrected chi connectivity index (χ4v) is 1.75. The number of nitrogens with zero attached hydrogens (tertiary/aromatic N) is 3. The van der Waals surface area contributed by atoms with E-state index in [9.17, 15) is 0 Å². The quantitative estimate of drug-likeness (QED) is 0.874. The van der Waals surface area contributed by atoms with E-state index in [2.05, 4.69) is 22.3 Å². The largest absolute Gasteiger partial charge is 0.381 e. The molecular weight excluding hydrogens is 304 g/mol. The Bertz CT molecular complexity index is 404. The number of nitrogen functional groups attached to an aromatic ring is 1. The number of hydrogen-bond donors (Lipinski definition) is 1. The maximum atomic E-state index is 5.44. The van der Waals surface area contributed by atoms with Gasteiger partial charge in [0.25, 0.3) is 0 Å². The van der Waals surface area contributed by atoms with Gasteiger partial charge in [-0.3, -0.25) is 0 Å². The van der Waals surface area contributed by atoms with E-state index in [0.29, 0.717) is 5.82 Å². The molecule has 2 rings (SSSR count). The summed E-state index contributed by atoms with van der Waals surface area (Å²) >= 11 is 1.51. The fourth-order valence-electron chi connectivity index (χ4n) is 1.03. The maximum absolute atomic E-state index is 5.44. The molecule has 1 aromatic carbocycles. The minimum absolute atomic E-state index is 0. The first-order valence-electron chi connectivity index (χ1n) is 4.19. The molecule has 0 aliphatic rings. The molecule has 1 aromatic heterocycles. The molecule has 2 N–H and O–H groups in total. The Morgan fingerprint density at radius 2 is 2.00 bits per heavy atom. The Balaban J connectivity index is 0.00000112. The van der Waals surface area contributed by atoms with E-state index in [0.717, 1.165) is 5.75 Å². The molecule has 0 amide bonds. The van der Waals surface area contributed by atoms with Crippen molar-refractivity contribution >= 4 is 17.8 Å². The van der Waals surface area contributed by atoms with Crippen LogP contribution in [0.3, 0.4) is 0 Å². The molecule has 1 heterocycles. The third kappa shape index (κ3) is 3.71. The van der Waals surface area contributed by atoms with E-state index in [4.69, 9.17) is 5.73 Å². The standard InChI is InChI=1S/C9H10N4S.Ag/c10-9-6-11-13(12-9)14-7-8-4-2-1-3-5-8;/h1-6H,7H2,(H2,10,12);. The van der Waals surface area contributed by atoms with Crippen molar-refractivity contribution in [2.75, 3.05) is 5.73 Å². The molecule has 0 spiro atoms. The summed E-state index contributed by atoms with van der Waals surface area (Å²) in [7, 11) is 0. The van der Waals surface area contributed by atoms with Crippen LogP contribution in [-0.2, 0) is 28.1 Å². The normalized spacial score (nSPS) is 9.60. The average Bonchev–Trinajstić information content (AvgIpc) is 2.63. The predicted molar refractivity (Wildman–Crippen MR) is 57.6 cm³/mol. The van der Waals surface area contributed by atoms with Gasteiger partial charge in [-0.2, -0.15) is 0 Å². The molecule has 0 aliphatic carbocycles.